The lowest BCUT2D eigenvalue weighted by Gasteiger charge is -2.17. The van der Waals surface area contributed by atoms with E-state index in [0.29, 0.717) is 35.1 Å². The van der Waals surface area contributed by atoms with E-state index in [4.69, 9.17) is 25.8 Å². The number of benzene rings is 2. The Labute approximate surface area is 168 Å². The predicted molar refractivity (Wildman–Crippen MR) is 107 cm³/mol. The molecular formula is C21H20ClNO5. The van der Waals surface area contributed by atoms with Crippen LogP contribution in [0.25, 0.3) is 5.57 Å². The van der Waals surface area contributed by atoms with Gasteiger partial charge in [0, 0.05) is 6.07 Å². The van der Waals surface area contributed by atoms with Gasteiger partial charge in [-0.15, -0.1) is 0 Å². The van der Waals surface area contributed by atoms with Gasteiger partial charge in [0.25, 0.3) is 11.8 Å². The summed E-state index contributed by atoms with van der Waals surface area (Å²) in [6.45, 7) is 2.62. The smallest absolute Gasteiger partial charge is 0.277 e. The van der Waals surface area contributed by atoms with Gasteiger partial charge in [-0.3, -0.25) is 9.59 Å². The second-order valence-electron chi connectivity index (χ2n) is 6.05. The Kier molecular flexibility index (Phi) is 5.90. The first-order chi connectivity index (χ1) is 13.5. The summed E-state index contributed by atoms with van der Waals surface area (Å²) >= 11 is 6.24. The molecule has 0 fully saturated rings. The molecule has 2 amide bonds. The van der Waals surface area contributed by atoms with E-state index in [0.717, 1.165) is 11.3 Å². The minimum Gasteiger partial charge on any atom is -0.494 e. The standard InChI is InChI=1S/C21H20ClNO5/c1-4-11-28-15-8-5-13(6-9-15)18-19(22)21(25)23(20(18)24)14-7-10-16(26-2)17(12-14)27-3/h5-10,12H,4,11H2,1-3H3. The zero-order chi connectivity index (χ0) is 20.3. The van der Waals surface area contributed by atoms with Crippen LogP contribution < -0.4 is 19.1 Å². The zero-order valence-electron chi connectivity index (χ0n) is 15.8. The van der Waals surface area contributed by atoms with Crippen LogP contribution in [-0.2, 0) is 9.59 Å². The Morgan fingerprint density at radius 1 is 0.929 bits per heavy atom. The molecule has 1 aliphatic heterocycles. The van der Waals surface area contributed by atoms with Crippen molar-refractivity contribution in [1.29, 1.82) is 0 Å². The third-order valence-electron chi connectivity index (χ3n) is 4.27. The number of rotatable bonds is 7. The van der Waals surface area contributed by atoms with Crippen LogP contribution in [0, 0.1) is 0 Å². The van der Waals surface area contributed by atoms with Crippen LogP contribution in [0.2, 0.25) is 0 Å². The fourth-order valence-corrected chi connectivity index (χ4v) is 3.16. The van der Waals surface area contributed by atoms with Gasteiger partial charge >= 0.3 is 0 Å². The predicted octanol–water partition coefficient (Wildman–Crippen LogP) is 4.02. The fourth-order valence-electron chi connectivity index (χ4n) is 2.89. The minimum absolute atomic E-state index is 0.123. The van der Waals surface area contributed by atoms with Gasteiger partial charge in [-0.1, -0.05) is 30.7 Å². The highest BCUT2D eigenvalue weighted by Crippen LogP contribution is 2.38. The van der Waals surface area contributed by atoms with E-state index in [9.17, 15) is 9.59 Å². The molecule has 7 heteroatoms. The molecule has 0 atom stereocenters. The molecule has 0 aromatic heterocycles. The molecule has 0 unspecified atom stereocenters. The number of anilines is 1. The second kappa shape index (κ2) is 8.35. The van der Waals surface area contributed by atoms with Crippen molar-refractivity contribution in [1.82, 2.24) is 0 Å². The normalized spacial score (nSPS) is 13.9. The maximum Gasteiger partial charge on any atom is 0.277 e. The van der Waals surface area contributed by atoms with Crippen molar-refractivity contribution in [3.05, 3.63) is 53.1 Å². The maximum absolute atomic E-state index is 13.0. The van der Waals surface area contributed by atoms with E-state index < -0.39 is 11.8 Å². The number of halogens is 1. The molecule has 0 saturated carbocycles. The number of nitrogens with zero attached hydrogens (tertiary/aromatic N) is 1. The number of hydrogen-bond acceptors (Lipinski definition) is 5. The first-order valence-corrected chi connectivity index (χ1v) is 9.13. The largest absolute Gasteiger partial charge is 0.494 e. The van der Waals surface area contributed by atoms with Gasteiger partial charge in [0.15, 0.2) is 11.5 Å². The molecule has 0 N–H and O–H groups in total. The second-order valence-corrected chi connectivity index (χ2v) is 6.42. The Balaban J connectivity index is 1.92. The average Bonchev–Trinajstić information content (AvgIpc) is 2.94. The number of carbonyl (C=O) groups is 2. The topological polar surface area (TPSA) is 65.1 Å². The van der Waals surface area contributed by atoms with E-state index in [2.05, 4.69) is 0 Å². The molecule has 2 aromatic rings. The van der Waals surface area contributed by atoms with Gasteiger partial charge < -0.3 is 14.2 Å². The van der Waals surface area contributed by atoms with Gasteiger partial charge in [-0.2, -0.15) is 0 Å². The van der Waals surface area contributed by atoms with Crippen molar-refractivity contribution >= 4 is 34.7 Å². The van der Waals surface area contributed by atoms with Crippen LogP contribution in [0.15, 0.2) is 47.5 Å². The SMILES string of the molecule is CCCOc1ccc(C2=C(Cl)C(=O)N(c3ccc(OC)c(OC)c3)C2=O)cc1. The maximum atomic E-state index is 13.0. The summed E-state index contributed by atoms with van der Waals surface area (Å²) in [5, 5.41) is -0.123. The molecule has 0 radical (unpaired) electrons. The monoisotopic (exact) mass is 401 g/mol. The third kappa shape index (κ3) is 3.55. The average molecular weight is 402 g/mol. The number of ether oxygens (including phenoxy) is 3. The lowest BCUT2D eigenvalue weighted by atomic mass is 10.1. The van der Waals surface area contributed by atoms with Crippen LogP contribution in [0.1, 0.15) is 18.9 Å². The summed E-state index contributed by atoms with van der Waals surface area (Å²) in [5.41, 5.74) is 1.06. The summed E-state index contributed by atoms with van der Waals surface area (Å²) in [4.78, 5) is 26.7. The van der Waals surface area contributed by atoms with Crippen LogP contribution in [0.5, 0.6) is 17.2 Å². The van der Waals surface area contributed by atoms with Gasteiger partial charge in [-0.25, -0.2) is 4.90 Å². The number of methoxy groups -OCH3 is 2. The van der Waals surface area contributed by atoms with E-state index in [-0.39, 0.29) is 10.6 Å². The van der Waals surface area contributed by atoms with Crippen molar-refractivity contribution < 1.29 is 23.8 Å². The Morgan fingerprint density at radius 2 is 1.61 bits per heavy atom. The highest BCUT2D eigenvalue weighted by atomic mass is 35.5. The quantitative estimate of drug-likeness (QED) is 0.656. The van der Waals surface area contributed by atoms with Crippen molar-refractivity contribution in [3.8, 4) is 17.2 Å². The van der Waals surface area contributed by atoms with Crippen molar-refractivity contribution in [2.75, 3.05) is 25.7 Å². The van der Waals surface area contributed by atoms with Gasteiger partial charge in [-0.05, 0) is 36.2 Å². The Morgan fingerprint density at radius 3 is 2.21 bits per heavy atom. The van der Waals surface area contributed by atoms with Crippen LogP contribution in [-0.4, -0.2) is 32.6 Å². The molecule has 0 saturated heterocycles. The summed E-state index contributed by atoms with van der Waals surface area (Å²) in [6, 6.07) is 11.7. The van der Waals surface area contributed by atoms with E-state index in [1.54, 1.807) is 42.5 Å². The van der Waals surface area contributed by atoms with Gasteiger partial charge in [0.1, 0.15) is 10.8 Å². The highest BCUT2D eigenvalue weighted by Gasteiger charge is 2.39. The molecule has 1 heterocycles. The zero-order valence-corrected chi connectivity index (χ0v) is 16.6. The highest BCUT2D eigenvalue weighted by molar-refractivity contribution is 6.60. The van der Waals surface area contributed by atoms with E-state index in [1.165, 1.54) is 14.2 Å². The molecule has 0 spiro atoms. The van der Waals surface area contributed by atoms with Crippen molar-refractivity contribution in [2.24, 2.45) is 0 Å². The van der Waals surface area contributed by atoms with Crippen LogP contribution >= 0.6 is 11.6 Å². The fraction of sp³-hybridized carbons (Fsp3) is 0.238. The molecule has 3 rings (SSSR count). The van der Waals surface area contributed by atoms with Gasteiger partial charge in [0.2, 0.25) is 0 Å². The molecule has 146 valence electrons. The molecular weight excluding hydrogens is 382 g/mol. The van der Waals surface area contributed by atoms with E-state index in [1.807, 2.05) is 6.92 Å². The lowest BCUT2D eigenvalue weighted by molar-refractivity contribution is -0.119. The summed E-state index contributed by atoms with van der Waals surface area (Å²) in [7, 11) is 2.99. The molecule has 1 aliphatic rings. The van der Waals surface area contributed by atoms with Crippen LogP contribution in [0.4, 0.5) is 5.69 Å². The molecule has 2 aromatic carbocycles. The third-order valence-corrected chi connectivity index (χ3v) is 4.62. The summed E-state index contributed by atoms with van der Waals surface area (Å²) in [5.74, 6) is 0.510. The number of hydrogen-bond donors (Lipinski definition) is 0. The van der Waals surface area contributed by atoms with Crippen molar-refractivity contribution in [2.45, 2.75) is 13.3 Å². The van der Waals surface area contributed by atoms with E-state index >= 15 is 0 Å². The first-order valence-electron chi connectivity index (χ1n) is 8.75. The Hall–Kier alpha value is -2.99. The Bertz CT molecular complexity index is 936. The van der Waals surface area contributed by atoms with Gasteiger partial charge in [0.05, 0.1) is 32.1 Å². The minimum atomic E-state index is -0.583. The molecule has 0 aliphatic carbocycles. The molecule has 0 bridgehead atoms. The number of amides is 2. The number of carbonyl (C=O) groups excluding carboxylic acids is 2. The van der Waals surface area contributed by atoms with Crippen LogP contribution in [0.3, 0.4) is 0 Å². The summed E-state index contributed by atoms with van der Waals surface area (Å²) in [6.07, 6.45) is 0.895. The van der Waals surface area contributed by atoms with Crippen molar-refractivity contribution in [3.63, 3.8) is 0 Å². The first kappa shape index (κ1) is 19.8. The molecule has 28 heavy (non-hydrogen) atoms. The lowest BCUT2D eigenvalue weighted by Crippen LogP contribution is -2.31. The summed E-state index contributed by atoms with van der Waals surface area (Å²) < 4.78 is 16.0. The molecule has 6 nitrogen and oxygen atoms in total. The number of imide groups is 1.